The fraction of sp³-hybridized carbons (Fsp3) is 0.400. The maximum absolute atomic E-state index is 14.2. The van der Waals surface area contributed by atoms with Crippen LogP contribution in [0.1, 0.15) is 23.1 Å². The van der Waals surface area contributed by atoms with Crippen molar-refractivity contribution in [3.05, 3.63) is 45.7 Å². The predicted molar refractivity (Wildman–Crippen MR) is 82.7 cm³/mol. The van der Waals surface area contributed by atoms with Crippen molar-refractivity contribution >= 4 is 17.0 Å². The highest BCUT2D eigenvalue weighted by Crippen LogP contribution is 2.27. The topological polar surface area (TPSA) is 42.2 Å². The first-order valence-corrected chi connectivity index (χ1v) is 7.50. The van der Waals surface area contributed by atoms with Crippen LogP contribution in [-0.4, -0.2) is 18.1 Å². The zero-order valence-electron chi connectivity index (χ0n) is 12.1. The van der Waals surface area contributed by atoms with Crippen LogP contribution in [0.4, 0.5) is 10.1 Å². The molecular formula is C15H20FN3S. The van der Waals surface area contributed by atoms with Crippen LogP contribution in [0, 0.1) is 12.7 Å². The molecule has 0 saturated heterocycles. The molecule has 20 heavy (non-hydrogen) atoms. The van der Waals surface area contributed by atoms with Gasteiger partial charge in [-0.3, -0.25) is 0 Å². The normalized spacial score (nSPS) is 12.4. The summed E-state index contributed by atoms with van der Waals surface area (Å²) in [5, 5.41) is 0. The number of anilines is 1. The fourth-order valence-corrected chi connectivity index (χ4v) is 3.10. The lowest BCUT2D eigenvalue weighted by Gasteiger charge is -2.23. The van der Waals surface area contributed by atoms with Crippen molar-refractivity contribution < 1.29 is 4.39 Å². The molecule has 108 valence electrons. The molecule has 0 aliphatic rings. The third kappa shape index (κ3) is 3.35. The Morgan fingerprint density at radius 2 is 2.20 bits per heavy atom. The number of aryl methyl sites for hydroxylation is 1. The summed E-state index contributed by atoms with van der Waals surface area (Å²) in [5.41, 5.74) is 10.3. The smallest absolute Gasteiger partial charge is 0.146 e. The monoisotopic (exact) mass is 293 g/mol. The van der Waals surface area contributed by atoms with Crippen molar-refractivity contribution in [2.24, 2.45) is 5.73 Å². The van der Waals surface area contributed by atoms with Gasteiger partial charge >= 0.3 is 0 Å². The van der Waals surface area contributed by atoms with Gasteiger partial charge in [0.15, 0.2) is 0 Å². The summed E-state index contributed by atoms with van der Waals surface area (Å²) in [6.45, 7) is 4.56. The standard InChI is InChI=1S/C15H20FN3S/c1-10(17)7-12-5-4-6-13(16)15(12)19(3)8-14-11(2)18-9-20-14/h4-6,9-10H,7-8,17H2,1-3H3. The molecule has 3 nitrogen and oxygen atoms in total. The summed E-state index contributed by atoms with van der Waals surface area (Å²) in [7, 11) is 1.91. The van der Waals surface area contributed by atoms with E-state index >= 15 is 0 Å². The second-order valence-electron chi connectivity index (χ2n) is 5.15. The van der Waals surface area contributed by atoms with Gasteiger partial charge in [-0.15, -0.1) is 11.3 Å². The largest absolute Gasteiger partial charge is 0.367 e. The number of hydrogen-bond acceptors (Lipinski definition) is 4. The molecule has 0 bridgehead atoms. The zero-order chi connectivity index (χ0) is 14.7. The minimum absolute atomic E-state index is 0.00842. The maximum atomic E-state index is 14.2. The Labute approximate surface area is 123 Å². The molecular weight excluding hydrogens is 273 g/mol. The van der Waals surface area contributed by atoms with Crippen LogP contribution < -0.4 is 10.6 Å². The molecule has 0 spiro atoms. The van der Waals surface area contributed by atoms with Gasteiger partial charge in [0.2, 0.25) is 0 Å². The highest BCUT2D eigenvalue weighted by atomic mass is 32.1. The Balaban J connectivity index is 2.28. The maximum Gasteiger partial charge on any atom is 0.146 e. The zero-order valence-corrected chi connectivity index (χ0v) is 12.9. The molecule has 0 amide bonds. The van der Waals surface area contributed by atoms with Gasteiger partial charge in [0.1, 0.15) is 5.82 Å². The van der Waals surface area contributed by atoms with Crippen LogP contribution in [-0.2, 0) is 13.0 Å². The number of hydrogen-bond donors (Lipinski definition) is 1. The minimum Gasteiger partial charge on any atom is -0.367 e. The van der Waals surface area contributed by atoms with Crippen molar-refractivity contribution in [2.75, 3.05) is 11.9 Å². The lowest BCUT2D eigenvalue weighted by Crippen LogP contribution is -2.23. The SMILES string of the molecule is Cc1ncsc1CN(C)c1c(F)cccc1CC(C)N. The van der Waals surface area contributed by atoms with E-state index in [-0.39, 0.29) is 11.9 Å². The van der Waals surface area contributed by atoms with E-state index in [1.54, 1.807) is 17.4 Å². The van der Waals surface area contributed by atoms with Crippen molar-refractivity contribution in [2.45, 2.75) is 32.9 Å². The molecule has 5 heteroatoms. The quantitative estimate of drug-likeness (QED) is 0.921. The van der Waals surface area contributed by atoms with Crippen molar-refractivity contribution in [1.82, 2.24) is 4.98 Å². The Morgan fingerprint density at radius 1 is 1.45 bits per heavy atom. The molecule has 0 radical (unpaired) electrons. The molecule has 1 unspecified atom stereocenters. The molecule has 0 aliphatic heterocycles. The Kier molecular flexibility index (Phi) is 4.73. The highest BCUT2D eigenvalue weighted by Gasteiger charge is 2.15. The first kappa shape index (κ1) is 14.9. The van der Waals surface area contributed by atoms with E-state index in [4.69, 9.17) is 5.73 Å². The number of nitrogens with zero attached hydrogens (tertiary/aromatic N) is 2. The molecule has 1 aromatic heterocycles. The number of benzene rings is 1. The predicted octanol–water partition coefficient (Wildman–Crippen LogP) is 3.12. The van der Waals surface area contributed by atoms with E-state index in [1.807, 2.05) is 37.4 Å². The van der Waals surface area contributed by atoms with Gasteiger partial charge in [-0.25, -0.2) is 9.37 Å². The summed E-state index contributed by atoms with van der Waals surface area (Å²) in [6, 6.07) is 5.19. The van der Waals surface area contributed by atoms with Gasteiger partial charge in [0, 0.05) is 18.0 Å². The van der Waals surface area contributed by atoms with E-state index in [9.17, 15) is 4.39 Å². The van der Waals surface area contributed by atoms with Crippen LogP contribution in [0.25, 0.3) is 0 Å². The van der Waals surface area contributed by atoms with Crippen LogP contribution in [0.2, 0.25) is 0 Å². The molecule has 0 fully saturated rings. The molecule has 1 atom stereocenters. The second kappa shape index (κ2) is 6.33. The van der Waals surface area contributed by atoms with E-state index in [0.29, 0.717) is 18.7 Å². The van der Waals surface area contributed by atoms with Crippen LogP contribution in [0.3, 0.4) is 0 Å². The van der Waals surface area contributed by atoms with E-state index in [0.717, 1.165) is 16.1 Å². The Hall–Kier alpha value is -1.46. The summed E-state index contributed by atoms with van der Waals surface area (Å²) < 4.78 is 14.2. The molecule has 2 aromatic rings. The number of nitrogens with two attached hydrogens (primary N) is 1. The minimum atomic E-state index is -0.201. The lowest BCUT2D eigenvalue weighted by atomic mass is 10.0. The Bertz CT molecular complexity index is 580. The molecule has 2 N–H and O–H groups in total. The average Bonchev–Trinajstić information content (AvgIpc) is 2.74. The van der Waals surface area contributed by atoms with Crippen LogP contribution in [0.15, 0.2) is 23.7 Å². The molecule has 1 aromatic carbocycles. The van der Waals surface area contributed by atoms with Crippen LogP contribution >= 0.6 is 11.3 Å². The molecule has 0 saturated carbocycles. The second-order valence-corrected chi connectivity index (χ2v) is 6.09. The van der Waals surface area contributed by atoms with Gasteiger partial charge in [-0.2, -0.15) is 0 Å². The van der Waals surface area contributed by atoms with E-state index < -0.39 is 0 Å². The lowest BCUT2D eigenvalue weighted by molar-refractivity contribution is 0.616. The fourth-order valence-electron chi connectivity index (χ4n) is 2.27. The summed E-state index contributed by atoms with van der Waals surface area (Å²) in [4.78, 5) is 7.33. The number of aromatic nitrogens is 1. The number of halogens is 1. The first-order valence-electron chi connectivity index (χ1n) is 6.62. The third-order valence-corrected chi connectivity index (χ3v) is 4.14. The summed E-state index contributed by atoms with van der Waals surface area (Å²) >= 11 is 1.60. The highest BCUT2D eigenvalue weighted by molar-refractivity contribution is 7.09. The van der Waals surface area contributed by atoms with Crippen molar-refractivity contribution in [3.63, 3.8) is 0 Å². The van der Waals surface area contributed by atoms with Crippen molar-refractivity contribution in [1.29, 1.82) is 0 Å². The number of thiazole rings is 1. The first-order chi connectivity index (χ1) is 9.49. The molecule has 0 aliphatic carbocycles. The summed E-state index contributed by atoms with van der Waals surface area (Å²) in [5.74, 6) is -0.201. The summed E-state index contributed by atoms with van der Waals surface area (Å²) in [6.07, 6.45) is 0.666. The van der Waals surface area contributed by atoms with Crippen molar-refractivity contribution in [3.8, 4) is 0 Å². The van der Waals surface area contributed by atoms with Gasteiger partial charge in [-0.05, 0) is 31.9 Å². The Morgan fingerprint density at radius 3 is 2.80 bits per heavy atom. The molecule has 2 rings (SSSR count). The van der Waals surface area contributed by atoms with Gasteiger partial charge < -0.3 is 10.6 Å². The number of para-hydroxylation sites is 1. The van der Waals surface area contributed by atoms with Crippen LogP contribution in [0.5, 0.6) is 0 Å². The van der Waals surface area contributed by atoms with E-state index in [1.165, 1.54) is 6.07 Å². The third-order valence-electron chi connectivity index (χ3n) is 3.22. The average molecular weight is 293 g/mol. The molecule has 1 heterocycles. The van der Waals surface area contributed by atoms with Gasteiger partial charge in [0.25, 0.3) is 0 Å². The van der Waals surface area contributed by atoms with E-state index in [2.05, 4.69) is 4.98 Å². The van der Waals surface area contributed by atoms with Gasteiger partial charge in [0.05, 0.1) is 23.4 Å². The number of rotatable bonds is 5. The van der Waals surface area contributed by atoms with Gasteiger partial charge in [-0.1, -0.05) is 12.1 Å².